The molecule has 1 saturated carbocycles. The van der Waals surface area contributed by atoms with Crippen LogP contribution in [0.3, 0.4) is 0 Å². The summed E-state index contributed by atoms with van der Waals surface area (Å²) in [6.07, 6.45) is 4.77. The molecule has 1 aromatic heterocycles. The smallest absolute Gasteiger partial charge is 0.355 e. The van der Waals surface area contributed by atoms with E-state index in [1.807, 2.05) is 0 Å². The van der Waals surface area contributed by atoms with Gasteiger partial charge in [0.25, 0.3) is 0 Å². The summed E-state index contributed by atoms with van der Waals surface area (Å²) in [4.78, 5) is 20.0. The molecule has 8 nitrogen and oxygen atoms in total. The van der Waals surface area contributed by atoms with Gasteiger partial charge in [0.15, 0.2) is 11.5 Å². The van der Waals surface area contributed by atoms with Crippen molar-refractivity contribution in [2.24, 2.45) is 0 Å². The molecule has 2 aromatic rings. The van der Waals surface area contributed by atoms with E-state index < -0.39 is 10.1 Å². The van der Waals surface area contributed by atoms with Crippen molar-refractivity contribution in [2.45, 2.75) is 41.9 Å². The lowest BCUT2D eigenvalue weighted by atomic mass is 9.93. The highest BCUT2D eigenvalue weighted by molar-refractivity contribution is 14.1. The van der Waals surface area contributed by atoms with Crippen LogP contribution >= 0.6 is 22.6 Å². The van der Waals surface area contributed by atoms with E-state index in [9.17, 15) is 9.90 Å². The number of anilines is 1. The number of aromatic nitrogens is 2. The summed E-state index contributed by atoms with van der Waals surface area (Å²) in [6, 6.07) is 3.56. The van der Waals surface area contributed by atoms with Gasteiger partial charge >= 0.3 is 5.97 Å². The van der Waals surface area contributed by atoms with E-state index in [0.29, 0.717) is 28.4 Å². The number of methoxy groups -OCH3 is 1. The van der Waals surface area contributed by atoms with E-state index in [1.54, 1.807) is 40.9 Å². The van der Waals surface area contributed by atoms with Crippen LogP contribution in [-0.4, -0.2) is 49.5 Å². The molecule has 1 aromatic carbocycles. The molecular weight excluding hydrogens is 453 g/mol. The van der Waals surface area contributed by atoms with Crippen molar-refractivity contribution in [3.05, 3.63) is 18.3 Å². The van der Waals surface area contributed by atoms with Gasteiger partial charge in [-0.3, -0.25) is 4.98 Å². The van der Waals surface area contributed by atoms with Gasteiger partial charge in [-0.2, -0.15) is 0 Å². The van der Waals surface area contributed by atoms with E-state index in [4.69, 9.17) is 14.6 Å². The van der Waals surface area contributed by atoms with Gasteiger partial charge in [0.1, 0.15) is 5.82 Å². The zero-order chi connectivity index (χ0) is 18.7. The van der Waals surface area contributed by atoms with E-state index in [1.165, 1.54) is 7.11 Å². The number of rotatable bonds is 6. The highest BCUT2D eigenvalue weighted by atomic mass is 127. The predicted molar refractivity (Wildman–Crippen MR) is 104 cm³/mol. The normalized spacial score (nSPS) is 21.2. The third-order valence-electron chi connectivity index (χ3n) is 4.30. The first-order valence-corrected chi connectivity index (χ1v) is 9.53. The van der Waals surface area contributed by atoms with Crippen LogP contribution in [0, 0.1) is 0 Å². The fourth-order valence-corrected chi connectivity index (χ4v) is 3.21. The SMILES string of the molecule is COc1cc2ncc(NC3CCC(O)CC3)nc2cc1OC(I)C(=O)O. The number of aliphatic carboxylic acids is 1. The first-order valence-electron chi connectivity index (χ1n) is 8.29. The Morgan fingerprint density at radius 1 is 1.27 bits per heavy atom. The monoisotopic (exact) mass is 473 g/mol. The number of carboxylic acids is 1. The number of hydrogen-bond donors (Lipinski definition) is 3. The number of hydrogen-bond acceptors (Lipinski definition) is 7. The summed E-state index contributed by atoms with van der Waals surface area (Å²) < 4.78 is 9.68. The zero-order valence-corrected chi connectivity index (χ0v) is 16.3. The number of aliphatic hydroxyl groups is 1. The molecule has 0 saturated heterocycles. The Bertz CT molecular complexity index is 795. The highest BCUT2D eigenvalue weighted by Gasteiger charge is 2.21. The Hall–Kier alpha value is -1.88. The number of benzene rings is 1. The maximum Gasteiger partial charge on any atom is 0.355 e. The first kappa shape index (κ1) is 18.9. The average Bonchev–Trinajstić information content (AvgIpc) is 2.63. The summed E-state index contributed by atoms with van der Waals surface area (Å²) in [5.74, 6) is 0.263. The van der Waals surface area contributed by atoms with Crippen LogP contribution in [0.25, 0.3) is 11.0 Å². The van der Waals surface area contributed by atoms with Gasteiger partial charge in [0.2, 0.25) is 4.11 Å². The highest BCUT2D eigenvalue weighted by Crippen LogP contribution is 2.33. The topological polar surface area (TPSA) is 114 Å². The summed E-state index contributed by atoms with van der Waals surface area (Å²) >= 11 is 1.69. The molecule has 1 aliphatic rings. The summed E-state index contributed by atoms with van der Waals surface area (Å²) in [5.41, 5.74) is 1.20. The second-order valence-corrected chi connectivity index (χ2v) is 7.30. The number of fused-ring (bicyclic) bond motifs is 1. The minimum absolute atomic E-state index is 0.210. The number of aliphatic hydroxyl groups excluding tert-OH is 1. The summed E-state index contributed by atoms with van der Waals surface area (Å²) in [7, 11) is 1.48. The Balaban J connectivity index is 1.84. The number of carbonyl (C=O) groups is 1. The van der Waals surface area contributed by atoms with Gasteiger partial charge in [0, 0.05) is 18.2 Å². The van der Waals surface area contributed by atoms with E-state index in [-0.39, 0.29) is 12.1 Å². The maximum absolute atomic E-state index is 11.0. The Kier molecular flexibility index (Phi) is 5.97. The predicted octanol–water partition coefficient (Wildman–Crippen LogP) is 2.58. The molecule has 1 aliphatic carbocycles. The van der Waals surface area contributed by atoms with Crippen molar-refractivity contribution < 1.29 is 24.5 Å². The van der Waals surface area contributed by atoms with Crippen molar-refractivity contribution in [3.8, 4) is 11.5 Å². The quantitative estimate of drug-likeness (QED) is 0.434. The van der Waals surface area contributed by atoms with Gasteiger partial charge in [-0.25, -0.2) is 9.78 Å². The standard InChI is InChI=1S/C17H20IN3O5/c1-25-13-6-11-12(7-14(13)26-16(18)17(23)24)21-15(8-19-11)20-9-2-4-10(22)5-3-9/h6-10,16,22H,2-5H2,1H3,(H,20,21)(H,23,24). The van der Waals surface area contributed by atoms with Crippen LogP contribution < -0.4 is 14.8 Å². The third-order valence-corrected chi connectivity index (χ3v) is 5.09. The van der Waals surface area contributed by atoms with Gasteiger partial charge in [-0.05, 0) is 48.3 Å². The lowest BCUT2D eigenvalue weighted by Crippen LogP contribution is -2.28. The largest absolute Gasteiger partial charge is 0.493 e. The van der Waals surface area contributed by atoms with Crippen LogP contribution in [-0.2, 0) is 4.79 Å². The van der Waals surface area contributed by atoms with Gasteiger partial charge < -0.3 is 25.0 Å². The molecule has 0 spiro atoms. The molecule has 9 heteroatoms. The average molecular weight is 473 g/mol. The Labute approximate surface area is 164 Å². The Morgan fingerprint density at radius 2 is 1.96 bits per heavy atom. The zero-order valence-electron chi connectivity index (χ0n) is 14.2. The maximum atomic E-state index is 11.0. The molecular formula is C17H20IN3O5. The number of nitrogens with one attached hydrogen (secondary N) is 1. The molecule has 0 radical (unpaired) electrons. The fourth-order valence-electron chi connectivity index (χ4n) is 2.93. The Morgan fingerprint density at radius 3 is 2.62 bits per heavy atom. The molecule has 0 amide bonds. The molecule has 26 heavy (non-hydrogen) atoms. The molecule has 3 N–H and O–H groups in total. The van der Waals surface area contributed by atoms with Crippen LogP contribution in [0.4, 0.5) is 5.82 Å². The second kappa shape index (κ2) is 8.21. The molecule has 3 rings (SSSR count). The van der Waals surface area contributed by atoms with Crippen molar-refractivity contribution in [1.82, 2.24) is 9.97 Å². The number of ether oxygens (including phenoxy) is 2. The molecule has 140 valence electrons. The lowest BCUT2D eigenvalue weighted by molar-refractivity contribution is -0.140. The number of halogens is 1. The van der Waals surface area contributed by atoms with Crippen LogP contribution in [0.1, 0.15) is 25.7 Å². The number of alkyl halides is 1. The minimum atomic E-state index is -1.08. The fraction of sp³-hybridized carbons (Fsp3) is 0.471. The molecule has 1 atom stereocenters. The van der Waals surface area contributed by atoms with Crippen LogP contribution in [0.2, 0.25) is 0 Å². The van der Waals surface area contributed by atoms with Gasteiger partial charge in [0.05, 0.1) is 30.4 Å². The van der Waals surface area contributed by atoms with Crippen molar-refractivity contribution in [2.75, 3.05) is 12.4 Å². The first-order chi connectivity index (χ1) is 12.5. The molecule has 0 aliphatic heterocycles. The molecule has 1 heterocycles. The van der Waals surface area contributed by atoms with Gasteiger partial charge in [-0.15, -0.1) is 0 Å². The molecule has 1 fully saturated rings. The van der Waals surface area contributed by atoms with E-state index in [2.05, 4.69) is 15.3 Å². The lowest BCUT2D eigenvalue weighted by Gasteiger charge is -2.26. The number of carboxylic acid groups (broad SMARTS) is 1. The van der Waals surface area contributed by atoms with E-state index in [0.717, 1.165) is 25.7 Å². The second-order valence-electron chi connectivity index (χ2n) is 6.17. The summed E-state index contributed by atoms with van der Waals surface area (Å²) in [5, 5.41) is 22.0. The third kappa shape index (κ3) is 4.44. The van der Waals surface area contributed by atoms with E-state index >= 15 is 0 Å². The van der Waals surface area contributed by atoms with Crippen molar-refractivity contribution >= 4 is 45.4 Å². The van der Waals surface area contributed by atoms with Gasteiger partial charge in [-0.1, -0.05) is 0 Å². The van der Waals surface area contributed by atoms with Crippen LogP contribution in [0.5, 0.6) is 11.5 Å². The summed E-state index contributed by atoms with van der Waals surface area (Å²) in [6.45, 7) is 0. The van der Waals surface area contributed by atoms with Crippen molar-refractivity contribution in [3.63, 3.8) is 0 Å². The number of nitrogens with zero attached hydrogens (tertiary/aromatic N) is 2. The minimum Gasteiger partial charge on any atom is -0.493 e. The van der Waals surface area contributed by atoms with Crippen molar-refractivity contribution in [1.29, 1.82) is 0 Å². The molecule has 0 bridgehead atoms. The molecule has 1 unspecified atom stereocenters. The van der Waals surface area contributed by atoms with Crippen LogP contribution in [0.15, 0.2) is 18.3 Å².